The lowest BCUT2D eigenvalue weighted by atomic mass is 9.97. The van der Waals surface area contributed by atoms with E-state index in [1.165, 1.54) is 0 Å². The van der Waals surface area contributed by atoms with Gasteiger partial charge in [-0.25, -0.2) is 4.79 Å². The second-order valence-electron chi connectivity index (χ2n) is 6.98. The van der Waals surface area contributed by atoms with E-state index in [0.717, 1.165) is 17.3 Å². The molecule has 0 unspecified atom stereocenters. The van der Waals surface area contributed by atoms with Gasteiger partial charge in [-0.05, 0) is 51.7 Å². The summed E-state index contributed by atoms with van der Waals surface area (Å²) in [4.78, 5) is 29.9. The molecule has 0 atom stereocenters. The average molecular weight is 398 g/mol. The van der Waals surface area contributed by atoms with Crippen molar-refractivity contribution >= 4 is 27.9 Å². The second-order valence-corrected chi connectivity index (χ2v) is 7.90. The maximum atomic E-state index is 12.1. The number of halogens is 1. The molecule has 0 bridgehead atoms. The maximum absolute atomic E-state index is 12.1. The monoisotopic (exact) mass is 397 g/mol. The smallest absolute Gasteiger partial charge is 0.410 e. The first-order valence-corrected chi connectivity index (χ1v) is 8.91. The van der Waals surface area contributed by atoms with Crippen LogP contribution in [0.2, 0.25) is 0 Å². The lowest BCUT2D eigenvalue weighted by Crippen LogP contribution is -2.43. The summed E-state index contributed by atoms with van der Waals surface area (Å²) in [5, 5.41) is 2.92. The lowest BCUT2D eigenvalue weighted by molar-refractivity contribution is 0.0183. The van der Waals surface area contributed by atoms with Gasteiger partial charge in [-0.2, -0.15) is 0 Å². The summed E-state index contributed by atoms with van der Waals surface area (Å²) in [5.41, 5.74) is -0.0747. The molecule has 1 aromatic heterocycles. The van der Waals surface area contributed by atoms with Crippen molar-refractivity contribution in [1.29, 1.82) is 0 Å². The Morgan fingerprint density at radius 3 is 2.62 bits per heavy atom. The molecule has 24 heavy (non-hydrogen) atoms. The summed E-state index contributed by atoms with van der Waals surface area (Å²) in [6, 6.07) is 3.48. The summed E-state index contributed by atoms with van der Waals surface area (Å²) in [7, 11) is 0. The fourth-order valence-electron chi connectivity index (χ4n) is 2.50. The average Bonchev–Trinajstić information content (AvgIpc) is 2.51. The molecule has 1 fully saturated rings. The molecule has 132 valence electrons. The number of amides is 2. The fraction of sp³-hybridized carbons (Fsp3) is 0.588. The molecule has 1 aliphatic heterocycles. The highest BCUT2D eigenvalue weighted by molar-refractivity contribution is 9.10. The molecule has 2 rings (SSSR count). The predicted molar refractivity (Wildman–Crippen MR) is 94.8 cm³/mol. The van der Waals surface area contributed by atoms with Gasteiger partial charge in [-0.15, -0.1) is 0 Å². The van der Waals surface area contributed by atoms with Gasteiger partial charge in [0.25, 0.3) is 5.91 Å². The van der Waals surface area contributed by atoms with Crippen LogP contribution in [0, 0.1) is 5.92 Å². The number of ether oxygens (including phenoxy) is 1. The van der Waals surface area contributed by atoms with Crippen LogP contribution in [0.25, 0.3) is 0 Å². The van der Waals surface area contributed by atoms with Gasteiger partial charge in [0.1, 0.15) is 11.3 Å². The number of piperidine rings is 1. The van der Waals surface area contributed by atoms with E-state index in [-0.39, 0.29) is 12.0 Å². The molecule has 0 saturated carbocycles. The highest BCUT2D eigenvalue weighted by atomic mass is 79.9. The van der Waals surface area contributed by atoms with Crippen LogP contribution in [0.1, 0.15) is 44.1 Å². The van der Waals surface area contributed by atoms with E-state index < -0.39 is 5.60 Å². The molecule has 2 heterocycles. The van der Waals surface area contributed by atoms with Crippen molar-refractivity contribution in [2.75, 3.05) is 19.6 Å². The molecular formula is C17H24BrN3O3. The second kappa shape index (κ2) is 7.96. The number of likely N-dealkylation sites (tertiary alicyclic amines) is 1. The van der Waals surface area contributed by atoms with Crippen LogP contribution in [-0.4, -0.2) is 47.1 Å². The third-order valence-corrected chi connectivity index (χ3v) is 4.27. The van der Waals surface area contributed by atoms with Crippen molar-refractivity contribution in [2.24, 2.45) is 5.92 Å². The SMILES string of the molecule is CC(C)(C)OC(=O)N1CCC(CNC(=O)c2cc(Br)ccn2)CC1. The molecule has 7 heteroatoms. The van der Waals surface area contributed by atoms with Crippen LogP contribution < -0.4 is 5.32 Å². The number of hydrogen-bond donors (Lipinski definition) is 1. The molecule has 0 radical (unpaired) electrons. The standard InChI is InChI=1S/C17H24BrN3O3/c1-17(2,3)24-16(23)21-8-5-12(6-9-21)11-20-15(22)14-10-13(18)4-7-19-14/h4,7,10,12H,5-6,8-9,11H2,1-3H3,(H,20,22). The zero-order valence-electron chi connectivity index (χ0n) is 14.3. The number of aromatic nitrogens is 1. The number of hydrogen-bond acceptors (Lipinski definition) is 4. The van der Waals surface area contributed by atoms with Crippen molar-refractivity contribution in [3.8, 4) is 0 Å². The molecule has 1 saturated heterocycles. The first-order chi connectivity index (χ1) is 11.2. The van der Waals surface area contributed by atoms with E-state index in [0.29, 0.717) is 31.2 Å². The van der Waals surface area contributed by atoms with E-state index in [9.17, 15) is 9.59 Å². The Balaban J connectivity index is 1.75. The Morgan fingerprint density at radius 2 is 2.04 bits per heavy atom. The van der Waals surface area contributed by atoms with Crippen molar-refractivity contribution in [3.63, 3.8) is 0 Å². The molecule has 1 N–H and O–H groups in total. The topological polar surface area (TPSA) is 71.5 Å². The highest BCUT2D eigenvalue weighted by Crippen LogP contribution is 2.19. The van der Waals surface area contributed by atoms with Gasteiger partial charge >= 0.3 is 6.09 Å². The molecule has 0 aromatic carbocycles. The Morgan fingerprint density at radius 1 is 1.38 bits per heavy atom. The number of pyridine rings is 1. The van der Waals surface area contributed by atoms with Gasteiger partial charge in [-0.3, -0.25) is 9.78 Å². The molecule has 1 aromatic rings. The number of nitrogens with zero attached hydrogens (tertiary/aromatic N) is 2. The Hall–Kier alpha value is -1.63. The van der Waals surface area contributed by atoms with Crippen LogP contribution in [0.15, 0.2) is 22.8 Å². The number of rotatable bonds is 3. The Kier molecular flexibility index (Phi) is 6.21. The van der Waals surface area contributed by atoms with Crippen molar-refractivity contribution in [1.82, 2.24) is 15.2 Å². The van der Waals surface area contributed by atoms with Crippen LogP contribution in [0.5, 0.6) is 0 Å². The minimum Gasteiger partial charge on any atom is -0.444 e. The van der Waals surface area contributed by atoms with E-state index >= 15 is 0 Å². The number of carbonyl (C=O) groups excluding carboxylic acids is 2. The first-order valence-electron chi connectivity index (χ1n) is 8.12. The van der Waals surface area contributed by atoms with Crippen molar-refractivity contribution in [2.45, 2.75) is 39.2 Å². The van der Waals surface area contributed by atoms with Gasteiger partial charge in [0.05, 0.1) is 0 Å². The van der Waals surface area contributed by atoms with Gasteiger partial charge in [-0.1, -0.05) is 15.9 Å². The minimum atomic E-state index is -0.473. The summed E-state index contributed by atoms with van der Waals surface area (Å²) in [6.45, 7) is 7.50. The summed E-state index contributed by atoms with van der Waals surface area (Å²) in [5.74, 6) is 0.186. The Bertz CT molecular complexity index is 593. The first kappa shape index (κ1) is 18.7. The summed E-state index contributed by atoms with van der Waals surface area (Å²) in [6.07, 6.45) is 3.04. The number of nitrogens with one attached hydrogen (secondary N) is 1. The maximum Gasteiger partial charge on any atom is 0.410 e. The molecule has 0 spiro atoms. The van der Waals surface area contributed by atoms with Crippen LogP contribution in [-0.2, 0) is 4.74 Å². The van der Waals surface area contributed by atoms with Gasteiger partial charge in [0, 0.05) is 30.3 Å². The zero-order valence-corrected chi connectivity index (χ0v) is 15.9. The van der Waals surface area contributed by atoms with E-state index in [1.54, 1.807) is 23.2 Å². The normalized spacial score (nSPS) is 15.9. The molecule has 0 aliphatic carbocycles. The fourth-order valence-corrected chi connectivity index (χ4v) is 2.84. The summed E-state index contributed by atoms with van der Waals surface area (Å²) < 4.78 is 6.21. The van der Waals surface area contributed by atoms with Crippen LogP contribution >= 0.6 is 15.9 Å². The van der Waals surface area contributed by atoms with E-state index in [1.807, 2.05) is 20.8 Å². The zero-order chi connectivity index (χ0) is 17.7. The molecule has 2 amide bonds. The van der Waals surface area contributed by atoms with Gasteiger partial charge in [0.15, 0.2) is 0 Å². The van der Waals surface area contributed by atoms with Gasteiger partial charge in [0.2, 0.25) is 0 Å². The van der Waals surface area contributed by atoms with Crippen molar-refractivity contribution < 1.29 is 14.3 Å². The Labute approximate surface area is 151 Å². The van der Waals surface area contributed by atoms with E-state index in [4.69, 9.17) is 4.74 Å². The minimum absolute atomic E-state index is 0.175. The molecular weight excluding hydrogens is 374 g/mol. The lowest BCUT2D eigenvalue weighted by Gasteiger charge is -2.33. The van der Waals surface area contributed by atoms with E-state index in [2.05, 4.69) is 26.2 Å². The quantitative estimate of drug-likeness (QED) is 0.849. The molecule has 1 aliphatic rings. The predicted octanol–water partition coefficient (Wildman–Crippen LogP) is 3.22. The summed E-state index contributed by atoms with van der Waals surface area (Å²) >= 11 is 3.33. The highest BCUT2D eigenvalue weighted by Gasteiger charge is 2.27. The third kappa shape index (κ3) is 5.78. The van der Waals surface area contributed by atoms with Gasteiger partial charge < -0.3 is 15.0 Å². The third-order valence-electron chi connectivity index (χ3n) is 3.77. The van der Waals surface area contributed by atoms with Crippen LogP contribution in [0.4, 0.5) is 4.79 Å². The molecule has 6 nitrogen and oxygen atoms in total. The van der Waals surface area contributed by atoms with Crippen LogP contribution in [0.3, 0.4) is 0 Å². The number of carbonyl (C=O) groups is 2. The largest absolute Gasteiger partial charge is 0.444 e. The van der Waals surface area contributed by atoms with Crippen molar-refractivity contribution in [3.05, 3.63) is 28.5 Å².